The van der Waals surface area contributed by atoms with E-state index in [1.165, 1.54) is 0 Å². The molecule has 2 aromatic heterocycles. The third kappa shape index (κ3) is 1.37. The van der Waals surface area contributed by atoms with Crippen molar-refractivity contribution in [2.45, 2.75) is 19.8 Å². The van der Waals surface area contributed by atoms with Crippen LogP contribution < -0.4 is 5.56 Å². The Balaban J connectivity index is 2.76. The van der Waals surface area contributed by atoms with Gasteiger partial charge < -0.3 is 0 Å². The number of hydrogen-bond acceptors (Lipinski definition) is 4. The lowest BCUT2D eigenvalue weighted by Gasteiger charge is -2.03. The van der Waals surface area contributed by atoms with E-state index >= 15 is 0 Å². The topological polar surface area (TPSA) is 71.5 Å². The summed E-state index contributed by atoms with van der Waals surface area (Å²) in [5, 5.41) is 9.50. The quantitative estimate of drug-likeness (QED) is 0.723. The van der Waals surface area contributed by atoms with E-state index in [-0.39, 0.29) is 5.56 Å². The Bertz CT molecular complexity index is 517. The van der Waals surface area contributed by atoms with Gasteiger partial charge in [-0.15, -0.1) is 5.10 Å². The minimum atomic E-state index is -0.294. The molecule has 1 N–H and O–H groups in total. The number of aromatic nitrogens is 4. The average Bonchev–Trinajstić information content (AvgIpc) is 2.18. The van der Waals surface area contributed by atoms with Crippen molar-refractivity contribution in [1.82, 2.24) is 20.4 Å². The number of fused-ring (bicyclic) bond motifs is 1. The van der Waals surface area contributed by atoms with Crippen LogP contribution in [0.4, 0.5) is 0 Å². The maximum absolute atomic E-state index is 11.3. The van der Waals surface area contributed by atoms with Crippen LogP contribution in [0.25, 0.3) is 11.0 Å². The van der Waals surface area contributed by atoms with Gasteiger partial charge in [-0.3, -0.25) is 4.79 Å². The van der Waals surface area contributed by atoms with E-state index in [1.54, 1.807) is 6.07 Å². The van der Waals surface area contributed by atoms with Crippen molar-refractivity contribution >= 4 is 11.0 Å². The van der Waals surface area contributed by atoms with Crippen LogP contribution in [-0.4, -0.2) is 20.4 Å². The highest BCUT2D eigenvalue weighted by Crippen LogP contribution is 2.12. The van der Waals surface area contributed by atoms with Gasteiger partial charge >= 0.3 is 0 Å². The Morgan fingerprint density at radius 3 is 2.86 bits per heavy atom. The second-order valence-corrected chi connectivity index (χ2v) is 3.40. The summed E-state index contributed by atoms with van der Waals surface area (Å²) in [4.78, 5) is 15.6. The third-order valence-electron chi connectivity index (χ3n) is 2.01. The largest absolute Gasteiger partial charge is 0.293 e. The van der Waals surface area contributed by atoms with E-state index in [0.717, 1.165) is 5.69 Å². The molecule has 2 aromatic rings. The smallest absolute Gasteiger partial charge is 0.265 e. The van der Waals surface area contributed by atoms with Crippen LogP contribution in [0.15, 0.2) is 16.9 Å². The van der Waals surface area contributed by atoms with Crippen LogP contribution in [0.2, 0.25) is 0 Å². The summed E-state index contributed by atoms with van der Waals surface area (Å²) in [5.74, 6) is 0.298. The summed E-state index contributed by atoms with van der Waals surface area (Å²) in [7, 11) is 0. The summed E-state index contributed by atoms with van der Waals surface area (Å²) < 4.78 is 0. The van der Waals surface area contributed by atoms with Gasteiger partial charge in [0.2, 0.25) is 0 Å². The Morgan fingerprint density at radius 2 is 2.14 bits per heavy atom. The predicted octanol–water partition coefficient (Wildman–Crippen LogP) is 0.836. The summed E-state index contributed by atoms with van der Waals surface area (Å²) >= 11 is 0. The van der Waals surface area contributed by atoms with Gasteiger partial charge in [-0.05, 0) is 18.1 Å². The first-order valence-electron chi connectivity index (χ1n) is 4.40. The number of rotatable bonds is 1. The van der Waals surface area contributed by atoms with Crippen LogP contribution in [0, 0.1) is 0 Å². The molecule has 0 aliphatic rings. The standard InChI is InChI=1S/C9H10N4O/c1-5(2)6-3-4-7-8(10-6)9(14)12-13-11-7/h3-5H,1-2H3,(H,11,12,14). The normalized spacial score (nSPS) is 11.1. The van der Waals surface area contributed by atoms with E-state index in [1.807, 2.05) is 19.9 Å². The Kier molecular flexibility index (Phi) is 1.99. The van der Waals surface area contributed by atoms with E-state index in [0.29, 0.717) is 17.0 Å². The van der Waals surface area contributed by atoms with Crippen LogP contribution >= 0.6 is 0 Å². The molecule has 0 fully saturated rings. The Hall–Kier alpha value is -1.78. The third-order valence-corrected chi connectivity index (χ3v) is 2.01. The second kappa shape index (κ2) is 3.17. The first-order chi connectivity index (χ1) is 6.68. The monoisotopic (exact) mass is 190 g/mol. The fourth-order valence-corrected chi connectivity index (χ4v) is 1.21. The first kappa shape index (κ1) is 8.80. The second-order valence-electron chi connectivity index (χ2n) is 3.40. The molecule has 0 bridgehead atoms. The molecular formula is C9H10N4O. The molecule has 0 saturated heterocycles. The van der Waals surface area contributed by atoms with Crippen LogP contribution in [0.3, 0.4) is 0 Å². The van der Waals surface area contributed by atoms with E-state index < -0.39 is 0 Å². The minimum absolute atomic E-state index is 0.294. The molecule has 5 nitrogen and oxygen atoms in total. The molecule has 0 unspecified atom stereocenters. The number of pyridine rings is 1. The highest BCUT2D eigenvalue weighted by molar-refractivity contribution is 5.71. The summed E-state index contributed by atoms with van der Waals surface area (Å²) in [6.07, 6.45) is 0. The van der Waals surface area contributed by atoms with Gasteiger partial charge in [-0.25, -0.2) is 10.1 Å². The van der Waals surface area contributed by atoms with Gasteiger partial charge in [0.15, 0.2) is 5.52 Å². The molecule has 72 valence electrons. The molecule has 2 rings (SSSR count). The molecule has 5 heteroatoms. The lowest BCUT2D eigenvalue weighted by Crippen LogP contribution is -2.12. The molecule has 0 radical (unpaired) electrons. The number of aromatic amines is 1. The van der Waals surface area contributed by atoms with Crippen molar-refractivity contribution in [2.75, 3.05) is 0 Å². The Morgan fingerprint density at radius 1 is 1.36 bits per heavy atom. The van der Waals surface area contributed by atoms with Crippen molar-refractivity contribution in [1.29, 1.82) is 0 Å². The molecule has 2 heterocycles. The zero-order valence-corrected chi connectivity index (χ0v) is 7.98. The molecule has 0 aliphatic carbocycles. The molecule has 0 aromatic carbocycles. The molecule has 0 spiro atoms. The SMILES string of the molecule is CC(C)c1ccc2nn[nH]c(=O)c2n1. The summed E-state index contributed by atoms with van der Waals surface area (Å²) in [5.41, 5.74) is 1.47. The maximum atomic E-state index is 11.3. The van der Waals surface area contributed by atoms with Gasteiger partial charge in [-0.1, -0.05) is 19.1 Å². The van der Waals surface area contributed by atoms with E-state index in [9.17, 15) is 4.79 Å². The molecule has 0 amide bonds. The number of nitrogens with one attached hydrogen (secondary N) is 1. The molecule has 0 saturated carbocycles. The fraction of sp³-hybridized carbons (Fsp3) is 0.333. The van der Waals surface area contributed by atoms with Gasteiger partial charge in [0.1, 0.15) is 5.52 Å². The van der Waals surface area contributed by atoms with Crippen molar-refractivity contribution in [2.24, 2.45) is 0 Å². The van der Waals surface area contributed by atoms with E-state index in [4.69, 9.17) is 0 Å². The zero-order chi connectivity index (χ0) is 10.1. The van der Waals surface area contributed by atoms with Gasteiger partial charge in [-0.2, -0.15) is 0 Å². The lowest BCUT2D eigenvalue weighted by atomic mass is 10.1. The minimum Gasteiger partial charge on any atom is -0.265 e. The van der Waals surface area contributed by atoms with Crippen LogP contribution in [-0.2, 0) is 0 Å². The zero-order valence-electron chi connectivity index (χ0n) is 7.98. The lowest BCUT2D eigenvalue weighted by molar-refractivity contribution is 0.819. The molecule has 0 aliphatic heterocycles. The number of nitrogens with zero attached hydrogens (tertiary/aromatic N) is 3. The predicted molar refractivity (Wildman–Crippen MR) is 52.0 cm³/mol. The highest BCUT2D eigenvalue weighted by Gasteiger charge is 2.05. The summed E-state index contributed by atoms with van der Waals surface area (Å²) in [6, 6.07) is 3.63. The molecule has 14 heavy (non-hydrogen) atoms. The van der Waals surface area contributed by atoms with Gasteiger partial charge in [0.25, 0.3) is 5.56 Å². The van der Waals surface area contributed by atoms with Crippen molar-refractivity contribution < 1.29 is 0 Å². The maximum Gasteiger partial charge on any atom is 0.293 e. The number of hydrogen-bond donors (Lipinski definition) is 1. The average molecular weight is 190 g/mol. The van der Waals surface area contributed by atoms with Gasteiger partial charge in [0.05, 0.1) is 0 Å². The first-order valence-corrected chi connectivity index (χ1v) is 4.40. The number of H-pyrrole nitrogens is 1. The van der Waals surface area contributed by atoms with E-state index in [2.05, 4.69) is 20.4 Å². The van der Waals surface area contributed by atoms with Crippen molar-refractivity contribution in [3.63, 3.8) is 0 Å². The highest BCUT2D eigenvalue weighted by atomic mass is 16.1. The van der Waals surface area contributed by atoms with Crippen molar-refractivity contribution in [3.05, 3.63) is 28.2 Å². The summed E-state index contributed by atoms with van der Waals surface area (Å²) in [6.45, 7) is 4.05. The molecule has 0 atom stereocenters. The molecular weight excluding hydrogens is 180 g/mol. The van der Waals surface area contributed by atoms with Crippen molar-refractivity contribution in [3.8, 4) is 0 Å². The Labute approximate surface area is 80.2 Å². The van der Waals surface area contributed by atoms with Crippen LogP contribution in [0.5, 0.6) is 0 Å². The fourth-order valence-electron chi connectivity index (χ4n) is 1.21. The van der Waals surface area contributed by atoms with Gasteiger partial charge in [0, 0.05) is 5.69 Å². The van der Waals surface area contributed by atoms with Crippen LogP contribution in [0.1, 0.15) is 25.5 Å².